The van der Waals surface area contributed by atoms with E-state index >= 15 is 0 Å². The van der Waals surface area contributed by atoms with Gasteiger partial charge in [0.15, 0.2) is 0 Å². The van der Waals surface area contributed by atoms with Gasteiger partial charge in [-0.1, -0.05) is 30.3 Å². The van der Waals surface area contributed by atoms with Crippen LogP contribution in [-0.2, 0) is 4.79 Å². The van der Waals surface area contributed by atoms with Crippen molar-refractivity contribution in [3.63, 3.8) is 0 Å². The van der Waals surface area contributed by atoms with Crippen LogP contribution in [0, 0.1) is 5.92 Å². The Morgan fingerprint density at radius 1 is 1.05 bits per heavy atom. The van der Waals surface area contributed by atoms with Crippen molar-refractivity contribution < 1.29 is 4.79 Å². The lowest BCUT2D eigenvalue weighted by molar-refractivity contribution is -0.130. The van der Waals surface area contributed by atoms with Gasteiger partial charge < -0.3 is 4.90 Å². The second-order valence-corrected chi connectivity index (χ2v) is 6.50. The van der Waals surface area contributed by atoms with Gasteiger partial charge in [-0.2, -0.15) is 0 Å². The van der Waals surface area contributed by atoms with Crippen molar-refractivity contribution in [3.8, 4) is 0 Å². The Balaban J connectivity index is 1.47. The zero-order valence-electron chi connectivity index (χ0n) is 11.8. The molecule has 1 aromatic carbocycles. The second-order valence-electron chi connectivity index (χ2n) is 6.50. The van der Waals surface area contributed by atoms with E-state index in [9.17, 15) is 4.79 Å². The number of amides is 1. The van der Waals surface area contributed by atoms with Gasteiger partial charge in [0, 0.05) is 18.6 Å². The molecule has 4 rings (SSSR count). The van der Waals surface area contributed by atoms with E-state index in [4.69, 9.17) is 0 Å². The van der Waals surface area contributed by atoms with Crippen LogP contribution in [0.4, 0.5) is 0 Å². The molecule has 1 saturated heterocycles. The zero-order valence-corrected chi connectivity index (χ0v) is 11.8. The van der Waals surface area contributed by atoms with Gasteiger partial charge in [0.2, 0.25) is 5.91 Å². The van der Waals surface area contributed by atoms with Crippen LogP contribution in [0.1, 0.15) is 43.7 Å². The predicted octanol–water partition coefficient (Wildman–Crippen LogP) is 2.49. The first-order valence-corrected chi connectivity index (χ1v) is 7.94. The molecule has 2 atom stereocenters. The minimum absolute atomic E-state index is 0.0430. The van der Waals surface area contributed by atoms with E-state index < -0.39 is 0 Å². The highest BCUT2D eigenvalue weighted by Gasteiger charge is 2.42. The fourth-order valence-corrected chi connectivity index (χ4v) is 3.42. The maximum atomic E-state index is 12.5. The summed E-state index contributed by atoms with van der Waals surface area (Å²) in [6.45, 7) is 0.952. The lowest BCUT2D eigenvalue weighted by Crippen LogP contribution is -2.41. The summed E-state index contributed by atoms with van der Waals surface area (Å²) in [6.07, 6.45) is 5.98. The number of likely N-dealkylation sites (tertiary alicyclic amines) is 1. The van der Waals surface area contributed by atoms with E-state index in [1.54, 1.807) is 0 Å². The minimum Gasteiger partial charge on any atom is -0.338 e. The Kier molecular flexibility index (Phi) is 3.03. The molecule has 1 amide bonds. The summed E-state index contributed by atoms with van der Waals surface area (Å²) in [7, 11) is 0. The highest BCUT2D eigenvalue weighted by molar-refractivity contribution is 5.84. The molecule has 2 saturated carbocycles. The van der Waals surface area contributed by atoms with Crippen LogP contribution in [0.3, 0.4) is 0 Å². The molecule has 2 aliphatic carbocycles. The zero-order chi connectivity index (χ0) is 13.5. The summed E-state index contributed by atoms with van der Waals surface area (Å²) in [6, 6.07) is 11.6. The van der Waals surface area contributed by atoms with Crippen molar-refractivity contribution in [3.05, 3.63) is 35.9 Å². The largest absolute Gasteiger partial charge is 0.338 e. The molecule has 0 spiro atoms. The molecule has 1 aliphatic heterocycles. The molecule has 3 aliphatic rings. The number of carbonyl (C=O) groups is 1. The summed E-state index contributed by atoms with van der Waals surface area (Å²) in [5, 5.41) is 3.67. The van der Waals surface area contributed by atoms with Crippen molar-refractivity contribution in [2.24, 2.45) is 5.92 Å². The van der Waals surface area contributed by atoms with Gasteiger partial charge in [0.25, 0.3) is 0 Å². The molecule has 0 unspecified atom stereocenters. The Morgan fingerprint density at radius 3 is 2.45 bits per heavy atom. The average molecular weight is 270 g/mol. The first kappa shape index (κ1) is 12.4. The number of hydrogen-bond acceptors (Lipinski definition) is 2. The number of nitrogens with zero attached hydrogens (tertiary/aromatic N) is 1. The highest BCUT2D eigenvalue weighted by Crippen LogP contribution is 2.42. The van der Waals surface area contributed by atoms with Gasteiger partial charge in [0.1, 0.15) is 0 Å². The molecule has 3 fully saturated rings. The average Bonchev–Trinajstić information content (AvgIpc) is 3.37. The Hall–Kier alpha value is -1.35. The number of carbonyl (C=O) groups excluding carboxylic acids is 1. The number of benzene rings is 1. The van der Waals surface area contributed by atoms with E-state index in [-0.39, 0.29) is 6.04 Å². The maximum Gasteiger partial charge on any atom is 0.240 e. The third-order valence-electron chi connectivity index (χ3n) is 4.86. The van der Waals surface area contributed by atoms with Gasteiger partial charge in [-0.15, -0.1) is 0 Å². The summed E-state index contributed by atoms with van der Waals surface area (Å²) in [5.74, 6) is 1.06. The molecule has 0 bridgehead atoms. The lowest BCUT2D eigenvalue weighted by atomic mass is 10.0. The molecular weight excluding hydrogens is 248 g/mol. The van der Waals surface area contributed by atoms with Crippen molar-refractivity contribution in [1.29, 1.82) is 0 Å². The monoisotopic (exact) mass is 270 g/mol. The molecule has 1 heterocycles. The minimum atomic E-state index is 0.0430. The maximum absolute atomic E-state index is 12.5. The van der Waals surface area contributed by atoms with Gasteiger partial charge in [0.05, 0.1) is 6.04 Å². The van der Waals surface area contributed by atoms with E-state index in [0.717, 1.165) is 18.9 Å². The van der Waals surface area contributed by atoms with E-state index in [2.05, 4.69) is 40.5 Å². The molecule has 1 N–H and O–H groups in total. The molecule has 20 heavy (non-hydrogen) atoms. The SMILES string of the molecule is O=C1[C@@H](N[C@@H](c2ccccc2)C2CC2)CCN1C1CC1. The predicted molar refractivity (Wildman–Crippen MR) is 78.2 cm³/mol. The first-order chi connectivity index (χ1) is 9.83. The van der Waals surface area contributed by atoms with Crippen LogP contribution in [0.5, 0.6) is 0 Å². The topological polar surface area (TPSA) is 32.3 Å². The molecule has 3 nitrogen and oxygen atoms in total. The van der Waals surface area contributed by atoms with Crippen LogP contribution in [0.2, 0.25) is 0 Å². The van der Waals surface area contributed by atoms with Gasteiger partial charge in [-0.05, 0) is 43.6 Å². The molecule has 106 valence electrons. The van der Waals surface area contributed by atoms with Crippen molar-refractivity contribution in [2.75, 3.05) is 6.54 Å². The van der Waals surface area contributed by atoms with E-state index in [1.165, 1.54) is 31.2 Å². The van der Waals surface area contributed by atoms with Crippen molar-refractivity contribution in [1.82, 2.24) is 10.2 Å². The van der Waals surface area contributed by atoms with Crippen molar-refractivity contribution in [2.45, 2.75) is 50.2 Å². The number of hydrogen-bond donors (Lipinski definition) is 1. The second kappa shape index (κ2) is 4.88. The fraction of sp³-hybridized carbons (Fsp3) is 0.588. The third-order valence-corrected chi connectivity index (χ3v) is 4.86. The quantitative estimate of drug-likeness (QED) is 0.891. The molecule has 0 radical (unpaired) electrons. The smallest absolute Gasteiger partial charge is 0.240 e. The van der Waals surface area contributed by atoms with Crippen LogP contribution in [-0.4, -0.2) is 29.4 Å². The standard InChI is InChI=1S/C17H22N2O/c20-17-15(10-11-19(17)14-8-9-14)18-16(13-6-7-13)12-4-2-1-3-5-12/h1-5,13-16,18H,6-11H2/t15-,16-/m0/s1. The van der Waals surface area contributed by atoms with Crippen LogP contribution >= 0.6 is 0 Å². The van der Waals surface area contributed by atoms with E-state index in [1.807, 2.05) is 0 Å². The van der Waals surface area contributed by atoms with Crippen LogP contribution in [0.15, 0.2) is 30.3 Å². The lowest BCUT2D eigenvalue weighted by Gasteiger charge is -2.23. The Bertz CT molecular complexity index is 493. The van der Waals surface area contributed by atoms with Gasteiger partial charge in [-0.25, -0.2) is 0 Å². The normalized spacial score (nSPS) is 27.9. The number of rotatable bonds is 5. The molecule has 1 aromatic rings. The van der Waals surface area contributed by atoms with Gasteiger partial charge >= 0.3 is 0 Å². The fourth-order valence-electron chi connectivity index (χ4n) is 3.42. The first-order valence-electron chi connectivity index (χ1n) is 7.94. The highest BCUT2D eigenvalue weighted by atomic mass is 16.2. The Morgan fingerprint density at radius 2 is 1.80 bits per heavy atom. The molecular formula is C17H22N2O. The third kappa shape index (κ3) is 2.35. The van der Waals surface area contributed by atoms with Crippen molar-refractivity contribution >= 4 is 5.91 Å². The summed E-state index contributed by atoms with van der Waals surface area (Å²) in [5.41, 5.74) is 1.34. The summed E-state index contributed by atoms with van der Waals surface area (Å²) in [4.78, 5) is 14.6. The summed E-state index contributed by atoms with van der Waals surface area (Å²) < 4.78 is 0. The Labute approximate surface area is 120 Å². The van der Waals surface area contributed by atoms with Crippen LogP contribution in [0.25, 0.3) is 0 Å². The van der Waals surface area contributed by atoms with Crippen LogP contribution < -0.4 is 5.32 Å². The molecule has 0 aromatic heterocycles. The summed E-state index contributed by atoms with van der Waals surface area (Å²) >= 11 is 0. The number of nitrogens with one attached hydrogen (secondary N) is 1. The molecule has 3 heteroatoms. The van der Waals surface area contributed by atoms with E-state index in [0.29, 0.717) is 18.0 Å². The van der Waals surface area contributed by atoms with Gasteiger partial charge in [-0.3, -0.25) is 10.1 Å².